The number of hydrogen-bond donors (Lipinski definition) is 0. The lowest BCUT2D eigenvalue weighted by atomic mass is 9.88. The van der Waals surface area contributed by atoms with Crippen LogP contribution in [-0.2, 0) is 0 Å². The van der Waals surface area contributed by atoms with Crippen LogP contribution in [0.3, 0.4) is 0 Å². The summed E-state index contributed by atoms with van der Waals surface area (Å²) in [5.74, 6) is 3.01. The summed E-state index contributed by atoms with van der Waals surface area (Å²) < 4.78 is 2.66. The number of halogens is 1. The molecule has 0 fully saturated rings. The first kappa shape index (κ1) is 23.7. The highest BCUT2D eigenvalue weighted by Gasteiger charge is 2.46. The molecule has 170 valence electrons. The fourth-order valence-corrected chi connectivity index (χ4v) is 13.3. The fourth-order valence-electron chi connectivity index (χ4n) is 6.46. The van der Waals surface area contributed by atoms with Gasteiger partial charge >= 0.3 is 0 Å². The lowest BCUT2D eigenvalue weighted by Gasteiger charge is -2.44. The van der Waals surface area contributed by atoms with E-state index in [1.54, 1.807) is 0 Å². The maximum absolute atomic E-state index is 6.54. The molecule has 0 spiro atoms. The molecule has 0 amide bonds. The minimum atomic E-state index is -1.97. The summed E-state index contributed by atoms with van der Waals surface area (Å²) in [7, 11) is -1.97. The minimum Gasteiger partial charge on any atom is -0.373 e. The van der Waals surface area contributed by atoms with Gasteiger partial charge in [-0.25, -0.2) is 0 Å². The van der Waals surface area contributed by atoms with Crippen LogP contribution in [0.5, 0.6) is 0 Å². The number of hydrogen-bond acceptors (Lipinski definition) is 0. The second kappa shape index (κ2) is 9.05. The molecule has 0 aliphatic heterocycles. The summed E-state index contributed by atoms with van der Waals surface area (Å²) in [5.41, 5.74) is 5.37. The Hall–Kier alpha value is -2.47. The molecule has 0 saturated carbocycles. The number of fused-ring (bicyclic) bond motifs is 2. The number of benzene rings is 3. The van der Waals surface area contributed by atoms with E-state index in [-0.39, 0.29) is 5.92 Å². The largest absolute Gasteiger partial charge is 0.373 e. The van der Waals surface area contributed by atoms with Crippen molar-refractivity contribution in [3.63, 3.8) is 0 Å². The average molecular weight is 472 g/mol. The quantitative estimate of drug-likeness (QED) is 0.195. The predicted molar refractivity (Wildman–Crippen MR) is 148 cm³/mol. The van der Waals surface area contributed by atoms with Gasteiger partial charge in [-0.3, -0.25) is 0 Å². The van der Waals surface area contributed by atoms with Crippen molar-refractivity contribution in [1.82, 2.24) is 4.23 Å². The third-order valence-corrected chi connectivity index (χ3v) is 14.6. The van der Waals surface area contributed by atoms with Gasteiger partial charge in [-0.15, -0.1) is 6.42 Å². The lowest BCUT2D eigenvalue weighted by Crippen LogP contribution is -2.51. The van der Waals surface area contributed by atoms with Crippen molar-refractivity contribution >= 4 is 41.5 Å². The van der Waals surface area contributed by atoms with E-state index in [0.717, 1.165) is 5.02 Å². The molecule has 1 nitrogen and oxygen atoms in total. The van der Waals surface area contributed by atoms with E-state index in [4.69, 9.17) is 18.0 Å². The van der Waals surface area contributed by atoms with Crippen LogP contribution >= 0.6 is 11.6 Å². The van der Waals surface area contributed by atoms with E-state index in [1.807, 2.05) is 6.07 Å². The molecular weight excluding hydrogens is 438 g/mol. The van der Waals surface area contributed by atoms with Crippen LogP contribution < -0.4 is 0 Å². The molecule has 33 heavy (non-hydrogen) atoms. The molecule has 1 aromatic heterocycles. The highest BCUT2D eigenvalue weighted by atomic mass is 35.5. The molecule has 1 unspecified atom stereocenters. The van der Waals surface area contributed by atoms with Crippen molar-refractivity contribution in [2.75, 3.05) is 0 Å². The summed E-state index contributed by atoms with van der Waals surface area (Å²) >= 11 is 6.54. The zero-order chi connectivity index (χ0) is 23.9. The van der Waals surface area contributed by atoms with Crippen LogP contribution in [0.25, 0.3) is 21.7 Å². The van der Waals surface area contributed by atoms with Gasteiger partial charge in [-0.05, 0) is 56.7 Å². The number of terminal acetylenes is 1. The van der Waals surface area contributed by atoms with Crippen molar-refractivity contribution in [2.45, 2.75) is 64.1 Å². The highest BCUT2D eigenvalue weighted by Crippen LogP contribution is 2.46. The lowest BCUT2D eigenvalue weighted by molar-refractivity contribution is 0.771. The van der Waals surface area contributed by atoms with Crippen molar-refractivity contribution in [1.29, 1.82) is 0 Å². The Morgan fingerprint density at radius 2 is 1.42 bits per heavy atom. The summed E-state index contributed by atoms with van der Waals surface area (Å²) in [6.45, 7) is 14.4. The Balaban J connectivity index is 2.07. The second-order valence-electron chi connectivity index (χ2n) is 10.1. The smallest absolute Gasteiger partial charge is 0.169 e. The molecule has 0 aliphatic rings. The number of rotatable bonds is 6. The Labute approximate surface area is 204 Å². The average Bonchev–Trinajstić information content (AvgIpc) is 3.12. The summed E-state index contributed by atoms with van der Waals surface area (Å²) in [6.07, 6.45) is 8.66. The van der Waals surface area contributed by atoms with E-state index in [1.165, 1.54) is 32.8 Å². The standard InChI is InChI=1S/C30H34ClNSi/c1-8-25(27-15-11-13-23-12-9-10-14-26(23)27)29-19-32(30-17-16-24(31)18-28(29)30)33(20(2)3,21(4)5)22(6)7/h1,9-22,25H,2-7H3. The van der Waals surface area contributed by atoms with Crippen LogP contribution in [0.4, 0.5) is 0 Å². The van der Waals surface area contributed by atoms with Gasteiger partial charge in [0.15, 0.2) is 8.24 Å². The molecule has 0 N–H and O–H groups in total. The fraction of sp³-hybridized carbons (Fsp3) is 0.333. The topological polar surface area (TPSA) is 4.93 Å². The molecular formula is C30H34ClNSi. The van der Waals surface area contributed by atoms with Gasteiger partial charge in [0, 0.05) is 22.1 Å². The van der Waals surface area contributed by atoms with Crippen molar-refractivity contribution in [2.24, 2.45) is 0 Å². The molecule has 0 aliphatic carbocycles. The number of nitrogens with zero attached hydrogens (tertiary/aromatic N) is 1. The van der Waals surface area contributed by atoms with Gasteiger partial charge in [-0.2, -0.15) is 0 Å². The van der Waals surface area contributed by atoms with E-state index < -0.39 is 8.24 Å². The molecule has 1 heterocycles. The van der Waals surface area contributed by atoms with Gasteiger partial charge in [0.1, 0.15) is 0 Å². The highest BCUT2D eigenvalue weighted by molar-refractivity contribution is 6.82. The predicted octanol–water partition coefficient (Wildman–Crippen LogP) is 9.24. The molecule has 4 rings (SSSR count). The van der Waals surface area contributed by atoms with Gasteiger partial charge in [0.25, 0.3) is 0 Å². The zero-order valence-corrected chi connectivity index (χ0v) is 22.3. The third-order valence-electron chi connectivity index (χ3n) is 7.60. The molecule has 3 heteroatoms. The summed E-state index contributed by atoms with van der Waals surface area (Å²) in [6, 6.07) is 21.3. The minimum absolute atomic E-state index is 0.142. The van der Waals surface area contributed by atoms with Gasteiger partial charge < -0.3 is 4.23 Å². The molecule has 4 aromatic rings. The van der Waals surface area contributed by atoms with E-state index >= 15 is 0 Å². The Morgan fingerprint density at radius 1 is 0.788 bits per heavy atom. The molecule has 0 saturated heterocycles. The Morgan fingerprint density at radius 3 is 2.06 bits per heavy atom. The van der Waals surface area contributed by atoms with Gasteiger partial charge in [-0.1, -0.05) is 102 Å². The van der Waals surface area contributed by atoms with Crippen LogP contribution in [0.1, 0.15) is 58.6 Å². The first-order valence-corrected chi connectivity index (χ1v) is 14.5. The van der Waals surface area contributed by atoms with Crippen molar-refractivity contribution in [3.05, 3.63) is 83.0 Å². The first-order valence-electron chi connectivity index (χ1n) is 12.0. The number of aromatic nitrogens is 1. The maximum Gasteiger partial charge on any atom is 0.169 e. The Bertz CT molecular complexity index is 1310. The van der Waals surface area contributed by atoms with Crippen LogP contribution in [-0.4, -0.2) is 12.5 Å². The second-order valence-corrected chi connectivity index (χ2v) is 16.3. The Kier molecular flexibility index (Phi) is 6.49. The monoisotopic (exact) mass is 471 g/mol. The normalized spacial score (nSPS) is 13.4. The van der Waals surface area contributed by atoms with Crippen LogP contribution in [0.15, 0.2) is 66.9 Å². The van der Waals surface area contributed by atoms with E-state index in [2.05, 4.69) is 112 Å². The van der Waals surface area contributed by atoms with Crippen LogP contribution in [0.2, 0.25) is 21.6 Å². The van der Waals surface area contributed by atoms with Gasteiger partial charge in [0.2, 0.25) is 0 Å². The third kappa shape index (κ3) is 3.72. The van der Waals surface area contributed by atoms with E-state index in [9.17, 15) is 0 Å². The summed E-state index contributed by atoms with van der Waals surface area (Å²) in [5, 5.41) is 4.36. The zero-order valence-electron chi connectivity index (χ0n) is 20.6. The van der Waals surface area contributed by atoms with Gasteiger partial charge in [0.05, 0.1) is 5.92 Å². The first-order chi connectivity index (χ1) is 15.7. The summed E-state index contributed by atoms with van der Waals surface area (Å²) in [4.78, 5) is 0. The molecule has 0 bridgehead atoms. The molecule has 3 aromatic carbocycles. The SMILES string of the molecule is C#CC(c1cccc2ccccc12)c1cn([Si](C(C)C)(C(C)C)C(C)C)c2ccc(Cl)cc12. The van der Waals surface area contributed by atoms with Crippen molar-refractivity contribution in [3.8, 4) is 12.3 Å². The molecule has 1 atom stereocenters. The van der Waals surface area contributed by atoms with Crippen molar-refractivity contribution < 1.29 is 0 Å². The molecule has 0 radical (unpaired) electrons. The van der Waals surface area contributed by atoms with E-state index in [0.29, 0.717) is 16.6 Å². The maximum atomic E-state index is 6.54. The van der Waals surface area contributed by atoms with Crippen LogP contribution in [0, 0.1) is 12.3 Å².